The Kier molecular flexibility index (Phi) is 3.80. The van der Waals surface area contributed by atoms with Gasteiger partial charge in [-0.3, -0.25) is 10.1 Å². The van der Waals surface area contributed by atoms with E-state index in [4.69, 9.17) is 4.43 Å². The Morgan fingerprint density at radius 3 is 2.28 bits per heavy atom. The Morgan fingerprint density at radius 2 is 1.89 bits per heavy atom. The maximum Gasteiger partial charge on any atom is 0.305 e. The summed E-state index contributed by atoms with van der Waals surface area (Å²) in [4.78, 5) is 9.77. The molecule has 1 aromatic rings. The first-order valence-electron chi connectivity index (χ1n) is 5.67. The maximum atomic E-state index is 13.5. The van der Waals surface area contributed by atoms with Crippen LogP contribution in [0.25, 0.3) is 0 Å². The van der Waals surface area contributed by atoms with E-state index >= 15 is 0 Å². The topological polar surface area (TPSA) is 52.4 Å². The summed E-state index contributed by atoms with van der Waals surface area (Å²) in [7, 11) is -2.05. The number of benzene rings is 1. The highest BCUT2D eigenvalue weighted by atomic mass is 28.4. The van der Waals surface area contributed by atoms with Gasteiger partial charge in [0.15, 0.2) is 0 Å². The molecule has 0 aliphatic carbocycles. The quantitative estimate of drug-likeness (QED) is 0.472. The highest BCUT2D eigenvalue weighted by Crippen LogP contribution is 2.37. The molecule has 100 valence electrons. The largest absolute Gasteiger partial charge is 0.543 e. The number of halogens is 1. The van der Waals surface area contributed by atoms with Gasteiger partial charge in [0.05, 0.1) is 4.92 Å². The highest BCUT2D eigenvalue weighted by molar-refractivity contribution is 6.74. The second-order valence-electron chi connectivity index (χ2n) is 5.73. The first kappa shape index (κ1) is 14.6. The van der Waals surface area contributed by atoms with Crippen molar-refractivity contribution < 1.29 is 13.7 Å². The van der Waals surface area contributed by atoms with Crippen molar-refractivity contribution in [3.63, 3.8) is 0 Å². The molecule has 0 heterocycles. The summed E-state index contributed by atoms with van der Waals surface area (Å²) in [6.07, 6.45) is 0. The minimum Gasteiger partial charge on any atom is -0.543 e. The average molecular weight is 271 g/mol. The van der Waals surface area contributed by atoms with Gasteiger partial charge in [-0.15, -0.1) is 0 Å². The molecule has 0 aliphatic rings. The Hall–Kier alpha value is -1.43. The first-order valence-corrected chi connectivity index (χ1v) is 8.58. The number of rotatable bonds is 3. The molecular weight excluding hydrogens is 253 g/mol. The summed E-state index contributed by atoms with van der Waals surface area (Å²) >= 11 is 0. The van der Waals surface area contributed by atoms with Crippen LogP contribution in [0.1, 0.15) is 20.8 Å². The van der Waals surface area contributed by atoms with Crippen molar-refractivity contribution in [2.24, 2.45) is 0 Å². The first-order chi connectivity index (χ1) is 8.04. The van der Waals surface area contributed by atoms with Crippen molar-refractivity contribution in [2.75, 3.05) is 0 Å². The Bertz CT molecular complexity index is 469. The van der Waals surface area contributed by atoms with E-state index in [1.165, 1.54) is 6.07 Å². The Labute approximate surface area is 107 Å². The van der Waals surface area contributed by atoms with E-state index in [1.54, 1.807) is 0 Å². The molecule has 18 heavy (non-hydrogen) atoms. The number of nitro benzene ring substituents is 1. The van der Waals surface area contributed by atoms with Gasteiger partial charge in [0.2, 0.25) is 14.1 Å². The predicted octanol–water partition coefficient (Wildman–Crippen LogP) is 4.12. The van der Waals surface area contributed by atoms with Crippen LogP contribution in [-0.4, -0.2) is 13.2 Å². The fourth-order valence-electron chi connectivity index (χ4n) is 1.15. The molecule has 0 aromatic heterocycles. The van der Waals surface area contributed by atoms with Crippen LogP contribution in [0.4, 0.5) is 10.1 Å². The normalized spacial score (nSPS) is 12.3. The van der Waals surface area contributed by atoms with Crippen LogP contribution in [0.15, 0.2) is 18.2 Å². The third-order valence-electron chi connectivity index (χ3n) is 3.30. The summed E-state index contributed by atoms with van der Waals surface area (Å²) in [5.41, 5.74) is -0.530. The Balaban J connectivity index is 3.01. The summed E-state index contributed by atoms with van der Waals surface area (Å²) in [6.45, 7) is 10.3. The summed E-state index contributed by atoms with van der Waals surface area (Å²) < 4.78 is 19.3. The zero-order valence-corrected chi connectivity index (χ0v) is 12.3. The summed E-state index contributed by atoms with van der Waals surface area (Å²) in [5, 5.41) is 10.5. The molecule has 0 radical (unpaired) electrons. The van der Waals surface area contributed by atoms with Crippen LogP contribution in [0.2, 0.25) is 18.1 Å². The monoisotopic (exact) mass is 271 g/mol. The third-order valence-corrected chi connectivity index (χ3v) is 7.65. The van der Waals surface area contributed by atoms with Gasteiger partial charge in [-0.2, -0.15) is 4.39 Å². The van der Waals surface area contributed by atoms with Crippen LogP contribution in [0.3, 0.4) is 0 Å². The van der Waals surface area contributed by atoms with E-state index < -0.39 is 24.7 Å². The molecular formula is C12H18FNO3Si. The van der Waals surface area contributed by atoms with Crippen molar-refractivity contribution in [1.82, 2.24) is 0 Å². The molecule has 0 N–H and O–H groups in total. The highest BCUT2D eigenvalue weighted by Gasteiger charge is 2.39. The van der Waals surface area contributed by atoms with Gasteiger partial charge in [-0.05, 0) is 24.2 Å². The summed E-state index contributed by atoms with van der Waals surface area (Å²) in [6, 6.07) is 3.66. The van der Waals surface area contributed by atoms with Gasteiger partial charge in [0.25, 0.3) is 0 Å². The van der Waals surface area contributed by atoms with Crippen LogP contribution in [-0.2, 0) is 0 Å². The van der Waals surface area contributed by atoms with Gasteiger partial charge >= 0.3 is 5.69 Å². The standard InChI is InChI=1S/C12H18FNO3Si/c1-12(2,3)18(4,5)17-9-6-7-11(14(15)16)10(13)8-9/h6-8H,1-5H3. The van der Waals surface area contributed by atoms with Crippen molar-refractivity contribution in [3.8, 4) is 5.75 Å². The van der Waals surface area contributed by atoms with E-state index in [0.29, 0.717) is 5.75 Å². The second-order valence-corrected chi connectivity index (χ2v) is 10.5. The molecule has 4 nitrogen and oxygen atoms in total. The number of hydrogen-bond acceptors (Lipinski definition) is 3. The molecule has 0 saturated heterocycles. The number of hydrogen-bond donors (Lipinski definition) is 0. The van der Waals surface area contributed by atoms with Crippen molar-refractivity contribution in [3.05, 3.63) is 34.1 Å². The van der Waals surface area contributed by atoms with Crippen LogP contribution in [0, 0.1) is 15.9 Å². The molecule has 1 aromatic carbocycles. The molecule has 0 aliphatic heterocycles. The van der Waals surface area contributed by atoms with Gasteiger partial charge in [-0.1, -0.05) is 20.8 Å². The van der Waals surface area contributed by atoms with E-state index in [2.05, 4.69) is 20.8 Å². The summed E-state index contributed by atoms with van der Waals surface area (Å²) in [5.74, 6) is -0.513. The van der Waals surface area contributed by atoms with Gasteiger partial charge in [0.1, 0.15) is 5.75 Å². The van der Waals surface area contributed by atoms with E-state index in [-0.39, 0.29) is 5.04 Å². The number of nitrogens with zero attached hydrogens (tertiary/aromatic N) is 1. The zero-order valence-electron chi connectivity index (χ0n) is 11.3. The molecule has 0 bridgehead atoms. The lowest BCUT2D eigenvalue weighted by Crippen LogP contribution is -2.43. The average Bonchev–Trinajstić information content (AvgIpc) is 2.14. The van der Waals surface area contributed by atoms with Gasteiger partial charge in [-0.25, -0.2) is 0 Å². The zero-order chi connectivity index (χ0) is 14.1. The van der Waals surface area contributed by atoms with Crippen molar-refractivity contribution >= 4 is 14.0 Å². The number of nitro groups is 1. The lowest BCUT2D eigenvalue weighted by atomic mass is 10.2. The van der Waals surface area contributed by atoms with Gasteiger partial charge < -0.3 is 4.43 Å². The van der Waals surface area contributed by atoms with Crippen LogP contribution in [0.5, 0.6) is 5.75 Å². The second kappa shape index (κ2) is 4.68. The smallest absolute Gasteiger partial charge is 0.305 e. The van der Waals surface area contributed by atoms with Crippen LogP contribution < -0.4 is 4.43 Å². The lowest BCUT2D eigenvalue weighted by molar-refractivity contribution is -0.387. The molecule has 0 unspecified atom stereocenters. The molecule has 6 heteroatoms. The van der Waals surface area contributed by atoms with E-state index in [9.17, 15) is 14.5 Å². The van der Waals surface area contributed by atoms with E-state index in [1.807, 2.05) is 13.1 Å². The minimum atomic E-state index is -2.05. The van der Waals surface area contributed by atoms with Crippen molar-refractivity contribution in [1.29, 1.82) is 0 Å². The molecule has 0 saturated carbocycles. The molecule has 1 rings (SSSR count). The molecule has 0 fully saturated rings. The minimum absolute atomic E-state index is 0.00868. The lowest BCUT2D eigenvalue weighted by Gasteiger charge is -2.36. The van der Waals surface area contributed by atoms with Gasteiger partial charge in [0, 0.05) is 12.1 Å². The SMILES string of the molecule is CC(C)(C)[Si](C)(C)Oc1ccc([N+](=O)[O-])c(F)c1. The third kappa shape index (κ3) is 3.07. The fourth-order valence-corrected chi connectivity index (χ4v) is 2.17. The molecule has 0 amide bonds. The predicted molar refractivity (Wildman–Crippen MR) is 70.9 cm³/mol. The Morgan fingerprint density at radius 1 is 1.33 bits per heavy atom. The maximum absolute atomic E-state index is 13.5. The molecule has 0 spiro atoms. The molecule has 0 atom stereocenters. The van der Waals surface area contributed by atoms with E-state index in [0.717, 1.165) is 12.1 Å². The fraction of sp³-hybridized carbons (Fsp3) is 0.500. The van der Waals surface area contributed by atoms with Crippen LogP contribution >= 0.6 is 0 Å². The van der Waals surface area contributed by atoms with Crippen molar-refractivity contribution in [2.45, 2.75) is 38.9 Å².